The molecule has 0 aliphatic heterocycles. The maximum atomic E-state index is 14.3. The summed E-state index contributed by atoms with van der Waals surface area (Å²) in [6.07, 6.45) is 2.82. The first-order chi connectivity index (χ1) is 10.1. The summed E-state index contributed by atoms with van der Waals surface area (Å²) < 4.78 is 24.4. The van der Waals surface area contributed by atoms with Gasteiger partial charge in [0.1, 0.15) is 0 Å². The number of benzene rings is 1. The summed E-state index contributed by atoms with van der Waals surface area (Å²) in [6, 6.07) is 5.36. The third-order valence-electron chi connectivity index (χ3n) is 3.77. The Balaban J connectivity index is 2.77. The molecule has 0 saturated carbocycles. The van der Waals surface area contributed by atoms with Gasteiger partial charge in [-0.15, -0.1) is 0 Å². The predicted octanol–water partition coefficient (Wildman–Crippen LogP) is 3.42. The van der Waals surface area contributed by atoms with Crippen LogP contribution in [0, 0.1) is 11.2 Å². The lowest BCUT2D eigenvalue weighted by Crippen LogP contribution is -2.35. The van der Waals surface area contributed by atoms with Crippen LogP contribution in [0.2, 0.25) is 0 Å². The maximum absolute atomic E-state index is 14.3. The van der Waals surface area contributed by atoms with Crippen molar-refractivity contribution in [2.24, 2.45) is 5.41 Å². The molecule has 0 radical (unpaired) electrons. The fourth-order valence-electron chi connectivity index (χ4n) is 2.72. The molecule has 3 nitrogen and oxygen atoms in total. The highest BCUT2D eigenvalue weighted by Crippen LogP contribution is 2.31. The van der Waals surface area contributed by atoms with Gasteiger partial charge in [-0.1, -0.05) is 32.4 Å². The van der Waals surface area contributed by atoms with Crippen LogP contribution in [0.3, 0.4) is 0 Å². The van der Waals surface area contributed by atoms with Gasteiger partial charge in [0.25, 0.3) is 0 Å². The van der Waals surface area contributed by atoms with Crippen LogP contribution in [-0.2, 0) is 11.2 Å². The second kappa shape index (κ2) is 9.00. The summed E-state index contributed by atoms with van der Waals surface area (Å²) in [5.74, 6) is 0.0814. The summed E-state index contributed by atoms with van der Waals surface area (Å²) in [4.78, 5) is 0. The third kappa shape index (κ3) is 5.64. The van der Waals surface area contributed by atoms with Crippen molar-refractivity contribution >= 4 is 0 Å². The van der Waals surface area contributed by atoms with Crippen molar-refractivity contribution in [3.8, 4) is 5.75 Å². The molecule has 1 N–H and O–H groups in total. The number of hydrogen-bond donors (Lipinski definition) is 1. The van der Waals surface area contributed by atoms with Crippen molar-refractivity contribution in [1.82, 2.24) is 5.32 Å². The average Bonchev–Trinajstić information content (AvgIpc) is 2.46. The molecule has 0 aliphatic rings. The summed E-state index contributed by atoms with van der Waals surface area (Å²) in [5.41, 5.74) is 0.745. The zero-order valence-corrected chi connectivity index (χ0v) is 13.7. The largest absolute Gasteiger partial charge is 0.494 e. The van der Waals surface area contributed by atoms with Crippen molar-refractivity contribution in [2.75, 3.05) is 33.9 Å². The van der Waals surface area contributed by atoms with E-state index in [4.69, 9.17) is 9.47 Å². The van der Waals surface area contributed by atoms with Crippen molar-refractivity contribution in [3.05, 3.63) is 29.6 Å². The van der Waals surface area contributed by atoms with Crippen LogP contribution in [0.1, 0.15) is 32.3 Å². The molecule has 1 aromatic carbocycles. The quantitative estimate of drug-likeness (QED) is 0.671. The van der Waals surface area contributed by atoms with Crippen LogP contribution in [0.5, 0.6) is 5.75 Å². The normalized spacial score (nSPS) is 14.0. The molecular weight excluding hydrogens is 269 g/mol. The average molecular weight is 297 g/mol. The Kier molecular flexibility index (Phi) is 7.68. The van der Waals surface area contributed by atoms with Crippen molar-refractivity contribution in [1.29, 1.82) is 0 Å². The van der Waals surface area contributed by atoms with Gasteiger partial charge in [-0.3, -0.25) is 0 Å². The van der Waals surface area contributed by atoms with Crippen LogP contribution in [0.15, 0.2) is 18.2 Å². The minimum atomic E-state index is -0.237. The lowest BCUT2D eigenvalue weighted by Gasteiger charge is -2.30. The molecule has 0 aromatic heterocycles. The van der Waals surface area contributed by atoms with Crippen molar-refractivity contribution < 1.29 is 13.9 Å². The molecule has 1 rings (SSSR count). The Morgan fingerprint density at radius 3 is 2.67 bits per heavy atom. The molecule has 0 fully saturated rings. The second-order valence-corrected chi connectivity index (χ2v) is 5.84. The summed E-state index contributed by atoms with van der Waals surface area (Å²) in [7, 11) is 3.19. The van der Waals surface area contributed by atoms with Crippen LogP contribution >= 0.6 is 0 Å². The van der Waals surface area contributed by atoms with Gasteiger partial charge < -0.3 is 14.8 Å². The number of nitrogens with one attached hydrogen (secondary N) is 1. The molecule has 0 saturated heterocycles. The molecule has 0 spiro atoms. The molecule has 1 unspecified atom stereocenters. The monoisotopic (exact) mass is 297 g/mol. The smallest absolute Gasteiger partial charge is 0.168 e. The zero-order valence-electron chi connectivity index (χ0n) is 13.7. The molecule has 0 heterocycles. The minimum absolute atomic E-state index is 0.0235. The maximum Gasteiger partial charge on any atom is 0.168 e. The number of ether oxygens (including phenoxy) is 2. The first-order valence-electron chi connectivity index (χ1n) is 7.57. The lowest BCUT2D eigenvalue weighted by atomic mass is 9.79. The van der Waals surface area contributed by atoms with E-state index in [9.17, 15) is 4.39 Å². The summed E-state index contributed by atoms with van der Waals surface area (Å²) >= 11 is 0. The molecular formula is C17H28FNO2. The van der Waals surface area contributed by atoms with Gasteiger partial charge in [-0.2, -0.15) is 0 Å². The topological polar surface area (TPSA) is 30.5 Å². The van der Waals surface area contributed by atoms with E-state index in [1.807, 2.05) is 12.1 Å². The Labute approximate surface area is 127 Å². The van der Waals surface area contributed by atoms with E-state index in [0.717, 1.165) is 31.5 Å². The van der Waals surface area contributed by atoms with E-state index in [1.165, 1.54) is 7.11 Å². The first kappa shape index (κ1) is 17.9. The van der Waals surface area contributed by atoms with E-state index in [0.29, 0.717) is 18.8 Å². The number of rotatable bonds is 10. The van der Waals surface area contributed by atoms with Crippen LogP contribution in [0.25, 0.3) is 0 Å². The van der Waals surface area contributed by atoms with E-state index in [1.54, 1.807) is 13.2 Å². The SMILES string of the molecule is CCCC(C)(CNCCOC)Cc1cccc(OC)c1F. The van der Waals surface area contributed by atoms with E-state index in [2.05, 4.69) is 19.2 Å². The van der Waals surface area contributed by atoms with Gasteiger partial charge in [0.15, 0.2) is 11.6 Å². The van der Waals surface area contributed by atoms with Gasteiger partial charge in [-0.25, -0.2) is 4.39 Å². The van der Waals surface area contributed by atoms with Crippen LogP contribution < -0.4 is 10.1 Å². The van der Waals surface area contributed by atoms with Crippen molar-refractivity contribution in [3.63, 3.8) is 0 Å². The van der Waals surface area contributed by atoms with Gasteiger partial charge >= 0.3 is 0 Å². The van der Waals surface area contributed by atoms with E-state index >= 15 is 0 Å². The van der Waals surface area contributed by atoms with E-state index < -0.39 is 0 Å². The van der Waals surface area contributed by atoms with Crippen LogP contribution in [-0.4, -0.2) is 33.9 Å². The minimum Gasteiger partial charge on any atom is -0.494 e. The fraction of sp³-hybridized carbons (Fsp3) is 0.647. The second-order valence-electron chi connectivity index (χ2n) is 5.84. The van der Waals surface area contributed by atoms with Gasteiger partial charge in [0.2, 0.25) is 0 Å². The predicted molar refractivity (Wildman–Crippen MR) is 84.4 cm³/mol. The molecule has 1 atom stereocenters. The molecule has 0 amide bonds. The Morgan fingerprint density at radius 1 is 1.29 bits per heavy atom. The Morgan fingerprint density at radius 2 is 2.05 bits per heavy atom. The van der Waals surface area contributed by atoms with Crippen molar-refractivity contribution in [2.45, 2.75) is 33.1 Å². The van der Waals surface area contributed by atoms with Gasteiger partial charge in [0, 0.05) is 20.2 Å². The molecule has 0 aliphatic carbocycles. The zero-order chi connectivity index (χ0) is 15.7. The number of halogens is 1. The van der Waals surface area contributed by atoms with Gasteiger partial charge in [0.05, 0.1) is 13.7 Å². The molecule has 120 valence electrons. The highest BCUT2D eigenvalue weighted by atomic mass is 19.1. The first-order valence-corrected chi connectivity index (χ1v) is 7.57. The molecule has 21 heavy (non-hydrogen) atoms. The fourth-order valence-corrected chi connectivity index (χ4v) is 2.72. The summed E-state index contributed by atoms with van der Waals surface area (Å²) in [5, 5.41) is 3.40. The van der Waals surface area contributed by atoms with E-state index in [-0.39, 0.29) is 11.2 Å². The number of methoxy groups -OCH3 is 2. The summed E-state index contributed by atoms with van der Waals surface area (Å²) in [6.45, 7) is 6.72. The van der Waals surface area contributed by atoms with Gasteiger partial charge in [-0.05, 0) is 29.9 Å². The standard InChI is InChI=1S/C17H28FNO2/c1-5-9-17(2,13-19-10-11-20-3)12-14-7-6-8-15(21-4)16(14)18/h6-8,19H,5,9-13H2,1-4H3. The Bertz CT molecular complexity index is 425. The Hall–Kier alpha value is -1.13. The number of hydrogen-bond acceptors (Lipinski definition) is 3. The third-order valence-corrected chi connectivity index (χ3v) is 3.77. The molecule has 1 aromatic rings. The highest BCUT2D eigenvalue weighted by Gasteiger charge is 2.25. The van der Waals surface area contributed by atoms with Crippen LogP contribution in [0.4, 0.5) is 4.39 Å². The highest BCUT2D eigenvalue weighted by molar-refractivity contribution is 5.31. The lowest BCUT2D eigenvalue weighted by molar-refractivity contribution is 0.189. The molecule has 0 bridgehead atoms. The molecule has 4 heteroatoms.